The predicted molar refractivity (Wildman–Crippen MR) is 137 cm³/mol. The molecule has 174 valence electrons. The molecule has 1 aliphatic carbocycles. The van der Waals surface area contributed by atoms with Crippen LogP contribution >= 0.6 is 50.7 Å². The van der Waals surface area contributed by atoms with Crippen LogP contribution in [0.15, 0.2) is 48.6 Å². The predicted octanol–water partition coefficient (Wildman–Crippen LogP) is 5.62. The first kappa shape index (κ1) is 24.6. The molecule has 2 unspecified atom stereocenters. The van der Waals surface area contributed by atoms with Crippen LogP contribution in [0.3, 0.4) is 0 Å². The summed E-state index contributed by atoms with van der Waals surface area (Å²) in [6, 6.07) is 9.53. The summed E-state index contributed by atoms with van der Waals surface area (Å²) in [5.74, 6) is 0.512. The highest BCUT2D eigenvalue weighted by atomic mass is 79.9. The monoisotopic (exact) mass is 569 g/mol. The number of nitrogens with zero attached hydrogens (tertiary/aromatic N) is 1. The van der Waals surface area contributed by atoms with Crippen LogP contribution in [0, 0.1) is 0 Å². The lowest BCUT2D eigenvalue weighted by Gasteiger charge is -2.33. The Bertz CT molecular complexity index is 1120. The summed E-state index contributed by atoms with van der Waals surface area (Å²) in [7, 11) is 1.56. The van der Waals surface area contributed by atoms with Gasteiger partial charge in [-0.3, -0.25) is 4.79 Å². The van der Waals surface area contributed by atoms with Gasteiger partial charge in [0.2, 0.25) is 11.8 Å². The molecule has 1 amide bonds. The molecule has 5 nitrogen and oxygen atoms in total. The van der Waals surface area contributed by atoms with Gasteiger partial charge in [0.15, 0.2) is 0 Å². The summed E-state index contributed by atoms with van der Waals surface area (Å²) in [5, 5.41) is 6.93. The van der Waals surface area contributed by atoms with Gasteiger partial charge < -0.3 is 15.4 Å². The van der Waals surface area contributed by atoms with Crippen LogP contribution in [0.25, 0.3) is 5.57 Å². The Morgan fingerprint density at radius 1 is 1.30 bits per heavy atom. The van der Waals surface area contributed by atoms with E-state index >= 15 is 0 Å². The zero-order chi connectivity index (χ0) is 23.6. The Morgan fingerprint density at radius 2 is 2.09 bits per heavy atom. The zero-order valence-electron chi connectivity index (χ0n) is 17.9. The molecule has 2 N–H and O–H groups in total. The molecule has 9 heteroatoms. The minimum atomic E-state index is -0.811. The lowest BCUT2D eigenvalue weighted by Crippen LogP contribution is -2.35. The third-order valence-corrected chi connectivity index (χ3v) is 8.47. The number of benzene rings is 1. The molecule has 0 radical (unpaired) electrons. The van der Waals surface area contributed by atoms with Crippen molar-refractivity contribution in [1.29, 1.82) is 0 Å². The average Bonchev–Trinajstić information content (AvgIpc) is 3.22. The maximum Gasteiger partial charge on any atom is 0.220 e. The van der Waals surface area contributed by atoms with Crippen molar-refractivity contribution in [2.45, 2.75) is 35.1 Å². The van der Waals surface area contributed by atoms with Crippen LogP contribution in [0.1, 0.15) is 29.7 Å². The molecule has 0 bridgehead atoms. The first-order chi connectivity index (χ1) is 15.8. The summed E-state index contributed by atoms with van der Waals surface area (Å²) >= 11 is 23.9. The number of halogens is 4. The van der Waals surface area contributed by atoms with E-state index in [1.807, 2.05) is 48.6 Å². The van der Waals surface area contributed by atoms with Gasteiger partial charge in [0.1, 0.15) is 4.32 Å². The molecular weight excluding hydrogens is 549 g/mol. The summed E-state index contributed by atoms with van der Waals surface area (Å²) in [4.78, 5) is 16.1. The maximum absolute atomic E-state index is 11.4. The fourth-order valence-corrected chi connectivity index (χ4v) is 5.54. The molecule has 1 fully saturated rings. The second-order valence-electron chi connectivity index (χ2n) is 8.00. The van der Waals surface area contributed by atoms with Gasteiger partial charge in [-0.1, -0.05) is 75.6 Å². The third-order valence-electron chi connectivity index (χ3n) is 5.84. The van der Waals surface area contributed by atoms with E-state index in [-0.39, 0.29) is 11.9 Å². The Kier molecular flexibility index (Phi) is 7.71. The lowest BCUT2D eigenvalue weighted by molar-refractivity contribution is -0.119. The minimum absolute atomic E-state index is 0.0902. The van der Waals surface area contributed by atoms with Crippen molar-refractivity contribution in [3.63, 3.8) is 0 Å². The normalized spacial score (nSPS) is 24.5. The van der Waals surface area contributed by atoms with Crippen molar-refractivity contribution in [2.24, 2.45) is 0 Å². The van der Waals surface area contributed by atoms with E-state index in [9.17, 15) is 4.79 Å². The molecule has 1 aromatic heterocycles. The number of carbonyl (C=O) groups is 1. The maximum atomic E-state index is 11.4. The lowest BCUT2D eigenvalue weighted by atomic mass is 9.86. The van der Waals surface area contributed by atoms with Gasteiger partial charge in [-0.25, -0.2) is 4.98 Å². The van der Waals surface area contributed by atoms with Crippen LogP contribution in [0.4, 0.5) is 0 Å². The highest BCUT2D eigenvalue weighted by Crippen LogP contribution is 2.48. The second kappa shape index (κ2) is 10.4. The molecule has 2 heterocycles. The van der Waals surface area contributed by atoms with Gasteiger partial charge in [0, 0.05) is 36.1 Å². The number of ether oxygens (including phenoxy) is 1. The number of carbonyl (C=O) groups excluding carboxylic acids is 1. The van der Waals surface area contributed by atoms with Crippen molar-refractivity contribution in [3.8, 4) is 5.88 Å². The molecular formula is C24H23BrCl3N3O2. The molecule has 1 aliphatic heterocycles. The van der Waals surface area contributed by atoms with E-state index in [2.05, 4.69) is 26.6 Å². The van der Waals surface area contributed by atoms with Gasteiger partial charge in [0.25, 0.3) is 0 Å². The van der Waals surface area contributed by atoms with Crippen molar-refractivity contribution in [2.75, 3.05) is 13.7 Å². The second-order valence-corrected chi connectivity index (χ2v) is 10.6. The van der Waals surface area contributed by atoms with Crippen LogP contribution in [-0.4, -0.2) is 36.0 Å². The first-order valence-corrected chi connectivity index (χ1v) is 12.5. The van der Waals surface area contributed by atoms with Gasteiger partial charge in [-0.15, -0.1) is 11.6 Å². The Morgan fingerprint density at radius 3 is 2.79 bits per heavy atom. The van der Waals surface area contributed by atoms with Crippen LogP contribution in [-0.2, 0) is 15.7 Å². The van der Waals surface area contributed by atoms with Gasteiger partial charge in [-0.2, -0.15) is 0 Å². The molecule has 33 heavy (non-hydrogen) atoms. The number of methoxy groups -OCH3 is 1. The SMILES string of the molecule is COc1nc(C2(Br)C=CC=C(c3ccccc3Cl)C2Cl)cc(Cl)c1CNC[C@@H]1CCC(=O)N1. The quantitative estimate of drug-likeness (QED) is 0.424. The van der Waals surface area contributed by atoms with Crippen LogP contribution in [0.5, 0.6) is 5.88 Å². The number of amides is 1. The molecule has 2 aliphatic rings. The molecule has 0 saturated carbocycles. The highest BCUT2D eigenvalue weighted by Gasteiger charge is 2.41. The third kappa shape index (κ3) is 5.10. The first-order valence-electron chi connectivity index (χ1n) is 10.5. The van der Waals surface area contributed by atoms with Gasteiger partial charge >= 0.3 is 0 Å². The Balaban J connectivity index is 1.58. The standard InChI is InChI=1S/C24H23BrCl3N3O2/c1-33-23-17(13-29-12-14-8-9-21(32)30-14)19(27)11-20(31-23)24(25)10-4-6-16(22(24)28)15-5-2-3-7-18(15)26/h2-7,10-11,14,22,29H,8-9,12-13H2,1H3,(H,30,32)/t14-,22?,24?/m0/s1. The number of rotatable bonds is 7. The molecule has 1 aromatic carbocycles. The van der Waals surface area contributed by atoms with E-state index in [1.165, 1.54) is 0 Å². The molecule has 1 saturated heterocycles. The van der Waals surface area contributed by atoms with Gasteiger partial charge in [0.05, 0.1) is 23.2 Å². The Hall–Kier alpha value is -1.57. The van der Waals surface area contributed by atoms with E-state index in [0.29, 0.717) is 41.1 Å². The topological polar surface area (TPSA) is 63.2 Å². The van der Waals surface area contributed by atoms with Gasteiger partial charge in [-0.05, 0) is 29.7 Å². The fraction of sp³-hybridized carbons (Fsp3) is 0.333. The molecule has 2 aromatic rings. The van der Waals surface area contributed by atoms with Crippen LogP contribution in [0.2, 0.25) is 10.0 Å². The molecule has 0 spiro atoms. The molecule has 3 atom stereocenters. The summed E-state index contributed by atoms with van der Waals surface area (Å²) in [6.45, 7) is 1.11. The molecule has 4 rings (SSSR count). The van der Waals surface area contributed by atoms with E-state index in [0.717, 1.165) is 23.1 Å². The zero-order valence-corrected chi connectivity index (χ0v) is 21.7. The Labute approximate surface area is 216 Å². The number of aromatic nitrogens is 1. The summed E-state index contributed by atoms with van der Waals surface area (Å²) < 4.78 is 4.77. The summed E-state index contributed by atoms with van der Waals surface area (Å²) in [6.07, 6.45) is 7.23. The number of hydrogen-bond acceptors (Lipinski definition) is 4. The average molecular weight is 572 g/mol. The highest BCUT2D eigenvalue weighted by molar-refractivity contribution is 9.09. The smallest absolute Gasteiger partial charge is 0.220 e. The number of pyridine rings is 1. The van der Waals surface area contributed by atoms with Crippen molar-refractivity contribution in [1.82, 2.24) is 15.6 Å². The largest absolute Gasteiger partial charge is 0.481 e. The van der Waals surface area contributed by atoms with E-state index < -0.39 is 9.70 Å². The number of alkyl halides is 2. The van der Waals surface area contributed by atoms with Crippen molar-refractivity contribution < 1.29 is 9.53 Å². The number of nitrogens with one attached hydrogen (secondary N) is 2. The van der Waals surface area contributed by atoms with Crippen molar-refractivity contribution in [3.05, 3.63) is 75.4 Å². The number of allylic oxidation sites excluding steroid dienone is 4. The number of hydrogen-bond donors (Lipinski definition) is 2. The fourth-order valence-electron chi connectivity index (χ4n) is 4.07. The summed E-state index contributed by atoms with van der Waals surface area (Å²) in [5.41, 5.74) is 3.12. The van der Waals surface area contributed by atoms with Crippen LogP contribution < -0.4 is 15.4 Å². The van der Waals surface area contributed by atoms with E-state index in [1.54, 1.807) is 7.11 Å². The minimum Gasteiger partial charge on any atom is -0.481 e. The van der Waals surface area contributed by atoms with E-state index in [4.69, 9.17) is 44.5 Å². The van der Waals surface area contributed by atoms with Crippen molar-refractivity contribution >= 4 is 62.2 Å².